The van der Waals surface area contributed by atoms with Crippen molar-refractivity contribution in [1.82, 2.24) is 4.57 Å². The van der Waals surface area contributed by atoms with Crippen molar-refractivity contribution < 1.29 is 14.3 Å². The number of ketones is 1. The highest BCUT2D eigenvalue weighted by Crippen LogP contribution is 2.23. The Morgan fingerprint density at radius 1 is 1.21 bits per heavy atom. The van der Waals surface area contributed by atoms with Gasteiger partial charge in [-0.2, -0.15) is 0 Å². The van der Waals surface area contributed by atoms with Crippen LogP contribution in [0, 0.1) is 6.92 Å². The quantitative estimate of drug-likeness (QED) is 0.687. The molecule has 24 heavy (non-hydrogen) atoms. The minimum Gasteiger partial charge on any atom is -0.462 e. The van der Waals surface area contributed by atoms with Gasteiger partial charge in [-0.05, 0) is 19.9 Å². The molecule has 1 N–H and O–H groups in total. The third-order valence-electron chi connectivity index (χ3n) is 3.97. The van der Waals surface area contributed by atoms with Gasteiger partial charge in [0.25, 0.3) is 5.56 Å². The van der Waals surface area contributed by atoms with Gasteiger partial charge in [-0.3, -0.25) is 14.2 Å². The molecule has 6 nitrogen and oxygen atoms in total. The molecule has 6 heteroatoms. The summed E-state index contributed by atoms with van der Waals surface area (Å²) in [5.41, 5.74) is 1.31. The lowest BCUT2D eigenvalue weighted by atomic mass is 10.0. The Labute approximate surface area is 139 Å². The average molecular weight is 326 g/mol. The van der Waals surface area contributed by atoms with Crippen LogP contribution in [0.2, 0.25) is 0 Å². The zero-order valence-electron chi connectivity index (χ0n) is 13.6. The number of nitrogens with one attached hydrogen (secondary N) is 1. The molecule has 2 heterocycles. The van der Waals surface area contributed by atoms with E-state index in [9.17, 15) is 14.4 Å². The summed E-state index contributed by atoms with van der Waals surface area (Å²) in [6.45, 7) is 4.72. The fraction of sp³-hybridized carbons (Fsp3) is 0.278. The van der Waals surface area contributed by atoms with E-state index in [0.717, 1.165) is 5.56 Å². The van der Waals surface area contributed by atoms with Crippen LogP contribution in [0.4, 0.5) is 5.82 Å². The summed E-state index contributed by atoms with van der Waals surface area (Å²) in [7, 11) is 0. The van der Waals surface area contributed by atoms with Gasteiger partial charge in [0, 0.05) is 18.7 Å². The molecule has 0 unspecified atom stereocenters. The number of ether oxygens (including phenoxy) is 1. The molecule has 0 fully saturated rings. The number of carbonyl (C=O) groups excluding carboxylic acids is 2. The van der Waals surface area contributed by atoms with Crippen molar-refractivity contribution in [2.24, 2.45) is 0 Å². The SMILES string of the molecule is CCOC(=O)c1cc(C(=O)c2ccc(C)cc2)c2n(c1=O)CCN2. The monoisotopic (exact) mass is 326 g/mol. The van der Waals surface area contributed by atoms with Crippen LogP contribution >= 0.6 is 0 Å². The number of carbonyl (C=O) groups is 2. The number of pyridine rings is 1. The minimum atomic E-state index is -0.706. The summed E-state index contributed by atoms with van der Waals surface area (Å²) in [6, 6.07) is 8.51. The van der Waals surface area contributed by atoms with Crippen molar-refractivity contribution in [1.29, 1.82) is 0 Å². The number of rotatable bonds is 4. The van der Waals surface area contributed by atoms with Gasteiger partial charge in [-0.15, -0.1) is 0 Å². The molecule has 1 aliphatic heterocycles. The highest BCUT2D eigenvalue weighted by molar-refractivity contribution is 6.13. The standard InChI is InChI=1S/C18H18N2O4/c1-3-24-18(23)14-10-13(16-19-8-9-20(16)17(14)22)15(21)12-6-4-11(2)5-7-12/h4-7,10,19H,3,8-9H2,1-2H3. The number of fused-ring (bicyclic) bond motifs is 1. The van der Waals surface area contributed by atoms with Gasteiger partial charge in [0.1, 0.15) is 11.4 Å². The van der Waals surface area contributed by atoms with Crippen LogP contribution in [0.3, 0.4) is 0 Å². The summed E-state index contributed by atoms with van der Waals surface area (Å²) >= 11 is 0. The smallest absolute Gasteiger partial charge is 0.343 e. The largest absolute Gasteiger partial charge is 0.462 e. The highest BCUT2D eigenvalue weighted by atomic mass is 16.5. The third-order valence-corrected chi connectivity index (χ3v) is 3.97. The molecule has 3 rings (SSSR count). The number of anilines is 1. The Morgan fingerprint density at radius 3 is 2.58 bits per heavy atom. The molecule has 1 aromatic heterocycles. The number of aryl methyl sites for hydroxylation is 1. The molecule has 0 aliphatic carbocycles. The molecular formula is C18H18N2O4. The first-order chi connectivity index (χ1) is 11.5. The van der Waals surface area contributed by atoms with Crippen molar-refractivity contribution >= 4 is 17.6 Å². The number of aromatic nitrogens is 1. The Bertz CT molecular complexity index is 866. The average Bonchev–Trinajstić information content (AvgIpc) is 3.06. The maximum atomic E-state index is 12.9. The number of hydrogen-bond donors (Lipinski definition) is 1. The van der Waals surface area contributed by atoms with Crippen molar-refractivity contribution in [3.63, 3.8) is 0 Å². The van der Waals surface area contributed by atoms with Crippen molar-refractivity contribution in [3.8, 4) is 0 Å². The third kappa shape index (κ3) is 2.71. The van der Waals surface area contributed by atoms with Gasteiger partial charge in [-0.25, -0.2) is 4.79 Å². The summed E-state index contributed by atoms with van der Waals surface area (Å²) < 4.78 is 6.37. The molecule has 0 spiro atoms. The lowest BCUT2D eigenvalue weighted by molar-refractivity contribution is 0.0523. The van der Waals surface area contributed by atoms with Crippen molar-refractivity contribution in [2.75, 3.05) is 18.5 Å². The second-order valence-corrected chi connectivity index (χ2v) is 5.62. The Morgan fingerprint density at radius 2 is 1.92 bits per heavy atom. The van der Waals surface area contributed by atoms with E-state index in [-0.39, 0.29) is 18.0 Å². The number of esters is 1. The second kappa shape index (κ2) is 6.31. The molecule has 0 amide bonds. The van der Waals surface area contributed by atoms with E-state index in [2.05, 4.69) is 5.32 Å². The van der Waals surface area contributed by atoms with Gasteiger partial charge >= 0.3 is 5.97 Å². The van der Waals surface area contributed by atoms with Gasteiger partial charge in [-0.1, -0.05) is 29.8 Å². The van der Waals surface area contributed by atoms with Crippen LogP contribution in [0.5, 0.6) is 0 Å². The molecule has 0 saturated carbocycles. The Kier molecular flexibility index (Phi) is 4.20. The lowest BCUT2D eigenvalue weighted by Crippen LogP contribution is -2.28. The fourth-order valence-electron chi connectivity index (χ4n) is 2.75. The molecule has 0 bridgehead atoms. The van der Waals surface area contributed by atoms with E-state index < -0.39 is 11.5 Å². The summed E-state index contributed by atoms with van der Waals surface area (Å²) in [5.74, 6) is -0.486. The minimum absolute atomic E-state index is 0.111. The molecule has 1 aliphatic rings. The fourth-order valence-corrected chi connectivity index (χ4v) is 2.75. The van der Waals surface area contributed by atoms with Crippen molar-refractivity contribution in [2.45, 2.75) is 20.4 Å². The van der Waals surface area contributed by atoms with E-state index >= 15 is 0 Å². The summed E-state index contributed by atoms with van der Waals surface area (Å²) in [5, 5.41) is 3.06. The number of hydrogen-bond acceptors (Lipinski definition) is 5. The molecule has 1 aromatic carbocycles. The van der Waals surface area contributed by atoms with Crippen LogP contribution in [0.25, 0.3) is 0 Å². The van der Waals surface area contributed by atoms with Gasteiger partial charge in [0.15, 0.2) is 5.78 Å². The number of nitrogens with zero attached hydrogens (tertiary/aromatic N) is 1. The van der Waals surface area contributed by atoms with E-state index in [0.29, 0.717) is 30.0 Å². The molecule has 0 saturated heterocycles. The molecular weight excluding hydrogens is 308 g/mol. The van der Waals surface area contributed by atoms with Gasteiger partial charge < -0.3 is 10.1 Å². The van der Waals surface area contributed by atoms with E-state index in [1.165, 1.54) is 10.6 Å². The Balaban J connectivity index is 2.13. The van der Waals surface area contributed by atoms with Crippen LogP contribution in [0.1, 0.15) is 38.8 Å². The normalized spacial score (nSPS) is 12.4. The van der Waals surface area contributed by atoms with Gasteiger partial charge in [0.2, 0.25) is 0 Å². The molecule has 0 radical (unpaired) electrons. The van der Waals surface area contributed by atoms with Crippen LogP contribution in [-0.4, -0.2) is 29.5 Å². The van der Waals surface area contributed by atoms with Crippen LogP contribution in [0.15, 0.2) is 35.1 Å². The zero-order chi connectivity index (χ0) is 17.3. The molecule has 124 valence electrons. The first-order valence-corrected chi connectivity index (χ1v) is 7.83. The maximum absolute atomic E-state index is 12.9. The van der Waals surface area contributed by atoms with Crippen molar-refractivity contribution in [3.05, 3.63) is 62.9 Å². The highest BCUT2D eigenvalue weighted by Gasteiger charge is 2.26. The second-order valence-electron chi connectivity index (χ2n) is 5.62. The first-order valence-electron chi connectivity index (χ1n) is 7.83. The number of benzene rings is 1. The first kappa shape index (κ1) is 16.0. The zero-order valence-corrected chi connectivity index (χ0v) is 13.6. The van der Waals surface area contributed by atoms with Gasteiger partial charge in [0.05, 0.1) is 12.2 Å². The predicted octanol–water partition coefficient (Wildman–Crippen LogP) is 1.99. The van der Waals surface area contributed by atoms with Crippen LogP contribution in [-0.2, 0) is 11.3 Å². The summed E-state index contributed by atoms with van der Waals surface area (Å²) in [6.07, 6.45) is 0. The lowest BCUT2D eigenvalue weighted by Gasteiger charge is -2.12. The molecule has 2 aromatic rings. The van der Waals surface area contributed by atoms with Crippen LogP contribution < -0.4 is 10.9 Å². The van der Waals surface area contributed by atoms with E-state index in [1.807, 2.05) is 19.1 Å². The maximum Gasteiger partial charge on any atom is 0.343 e. The van der Waals surface area contributed by atoms with E-state index in [4.69, 9.17) is 4.74 Å². The predicted molar refractivity (Wildman–Crippen MR) is 89.8 cm³/mol. The summed E-state index contributed by atoms with van der Waals surface area (Å²) in [4.78, 5) is 37.4. The Hall–Kier alpha value is -2.89. The topological polar surface area (TPSA) is 77.4 Å². The van der Waals surface area contributed by atoms with E-state index in [1.54, 1.807) is 19.1 Å². The molecule has 0 atom stereocenters.